The van der Waals surface area contributed by atoms with Gasteiger partial charge in [-0.1, -0.05) is 42.5 Å². The van der Waals surface area contributed by atoms with Crippen LogP contribution in [0, 0.1) is 0 Å². The molecule has 1 heterocycles. The first kappa shape index (κ1) is 17.0. The van der Waals surface area contributed by atoms with Crippen LogP contribution in [0.25, 0.3) is 0 Å². The zero-order valence-corrected chi connectivity index (χ0v) is 15.1. The molecule has 0 atom stereocenters. The summed E-state index contributed by atoms with van der Waals surface area (Å²) in [6.45, 7) is 1.57. The molecule has 0 aromatic heterocycles. The Bertz CT molecular complexity index is 1010. The third-order valence-electron chi connectivity index (χ3n) is 4.83. The average molecular weight is 356 g/mol. The summed E-state index contributed by atoms with van der Waals surface area (Å²) in [7, 11) is 0. The molecule has 1 N–H and O–H groups in total. The number of nitrogens with one attached hydrogen (secondary N) is 1. The fourth-order valence-corrected chi connectivity index (χ4v) is 3.53. The van der Waals surface area contributed by atoms with E-state index in [2.05, 4.69) is 11.4 Å². The molecule has 0 radical (unpaired) electrons. The van der Waals surface area contributed by atoms with Gasteiger partial charge in [-0.15, -0.1) is 0 Å². The average Bonchev–Trinajstić information content (AvgIpc) is 2.85. The lowest BCUT2D eigenvalue weighted by Crippen LogP contribution is -2.24. The Balaban J connectivity index is 1.72. The first-order valence-corrected chi connectivity index (χ1v) is 9.01. The first-order chi connectivity index (χ1) is 13.1. The summed E-state index contributed by atoms with van der Waals surface area (Å²) in [5.74, 6) is -0.212. The van der Waals surface area contributed by atoms with Gasteiger partial charge >= 0.3 is 0 Å². The van der Waals surface area contributed by atoms with Gasteiger partial charge in [0.05, 0.1) is 11.4 Å². The summed E-state index contributed by atoms with van der Waals surface area (Å²) in [6.07, 6.45) is 1.73. The van der Waals surface area contributed by atoms with Crippen LogP contribution in [0.5, 0.6) is 0 Å². The third-order valence-corrected chi connectivity index (χ3v) is 4.83. The summed E-state index contributed by atoms with van der Waals surface area (Å²) < 4.78 is 0. The minimum Gasteiger partial charge on any atom is -0.322 e. The first-order valence-electron chi connectivity index (χ1n) is 9.01. The van der Waals surface area contributed by atoms with Gasteiger partial charge in [-0.05, 0) is 54.3 Å². The van der Waals surface area contributed by atoms with E-state index in [0.717, 1.165) is 35.3 Å². The van der Waals surface area contributed by atoms with Crippen LogP contribution in [0.3, 0.4) is 0 Å². The van der Waals surface area contributed by atoms with Crippen LogP contribution >= 0.6 is 0 Å². The summed E-state index contributed by atoms with van der Waals surface area (Å²) in [6, 6.07) is 22.9. The highest BCUT2D eigenvalue weighted by atomic mass is 16.2. The number of anilines is 3. The number of amides is 2. The zero-order chi connectivity index (χ0) is 18.8. The minimum atomic E-state index is -0.168. The third kappa shape index (κ3) is 3.34. The molecule has 0 aliphatic carbocycles. The predicted octanol–water partition coefficient (Wildman–Crippen LogP) is 4.72. The SMILES string of the molecule is CC(=O)N1c2ccccc2CCc2ccc(NC(=O)c3ccccc3)cc21. The molecule has 4 nitrogen and oxygen atoms in total. The number of nitrogens with zero attached hydrogens (tertiary/aromatic N) is 1. The van der Waals surface area contributed by atoms with Gasteiger partial charge in [0, 0.05) is 18.2 Å². The molecular weight excluding hydrogens is 336 g/mol. The maximum absolute atomic E-state index is 12.5. The normalized spacial score (nSPS) is 12.6. The second kappa shape index (κ2) is 7.08. The largest absolute Gasteiger partial charge is 0.322 e. The fourth-order valence-electron chi connectivity index (χ4n) is 3.53. The minimum absolute atomic E-state index is 0.0443. The van der Waals surface area contributed by atoms with Crippen molar-refractivity contribution in [2.24, 2.45) is 0 Å². The molecular formula is C23H20N2O2. The zero-order valence-electron chi connectivity index (χ0n) is 15.1. The molecule has 1 aliphatic heterocycles. The summed E-state index contributed by atoms with van der Waals surface area (Å²) in [5.41, 5.74) is 5.26. The lowest BCUT2D eigenvalue weighted by atomic mass is 10.0. The molecule has 2 amide bonds. The highest BCUT2D eigenvalue weighted by molar-refractivity contribution is 6.06. The van der Waals surface area contributed by atoms with Crippen LogP contribution in [0.1, 0.15) is 28.4 Å². The van der Waals surface area contributed by atoms with E-state index < -0.39 is 0 Å². The van der Waals surface area contributed by atoms with E-state index in [4.69, 9.17) is 0 Å². The van der Waals surface area contributed by atoms with Crippen molar-refractivity contribution in [3.8, 4) is 0 Å². The molecule has 0 saturated heterocycles. The molecule has 0 unspecified atom stereocenters. The maximum atomic E-state index is 12.5. The van der Waals surface area contributed by atoms with E-state index in [1.54, 1.807) is 24.0 Å². The van der Waals surface area contributed by atoms with Crippen LogP contribution in [-0.2, 0) is 17.6 Å². The van der Waals surface area contributed by atoms with Crippen molar-refractivity contribution < 1.29 is 9.59 Å². The predicted molar refractivity (Wildman–Crippen MR) is 108 cm³/mol. The molecule has 0 spiro atoms. The van der Waals surface area contributed by atoms with E-state index in [9.17, 15) is 9.59 Å². The molecule has 1 aliphatic rings. The van der Waals surface area contributed by atoms with Gasteiger partial charge in [-0.25, -0.2) is 0 Å². The summed E-state index contributed by atoms with van der Waals surface area (Å²) in [4.78, 5) is 26.7. The van der Waals surface area contributed by atoms with Gasteiger partial charge in [-0.3, -0.25) is 14.5 Å². The number of fused-ring (bicyclic) bond motifs is 2. The van der Waals surface area contributed by atoms with Crippen molar-refractivity contribution in [2.75, 3.05) is 10.2 Å². The summed E-state index contributed by atoms with van der Waals surface area (Å²) in [5, 5.41) is 2.94. The highest BCUT2D eigenvalue weighted by Gasteiger charge is 2.24. The Labute approximate surface area is 158 Å². The number of rotatable bonds is 2. The second-order valence-electron chi connectivity index (χ2n) is 6.65. The highest BCUT2D eigenvalue weighted by Crippen LogP contribution is 2.37. The van der Waals surface area contributed by atoms with Gasteiger partial charge in [-0.2, -0.15) is 0 Å². The molecule has 27 heavy (non-hydrogen) atoms. The Hall–Kier alpha value is -3.40. The van der Waals surface area contributed by atoms with Crippen molar-refractivity contribution >= 4 is 28.9 Å². The van der Waals surface area contributed by atoms with E-state index in [1.165, 1.54) is 0 Å². The van der Waals surface area contributed by atoms with Gasteiger partial charge < -0.3 is 5.32 Å². The van der Waals surface area contributed by atoms with E-state index in [0.29, 0.717) is 11.3 Å². The fraction of sp³-hybridized carbons (Fsp3) is 0.130. The smallest absolute Gasteiger partial charge is 0.255 e. The van der Waals surface area contributed by atoms with Crippen molar-refractivity contribution in [1.29, 1.82) is 0 Å². The van der Waals surface area contributed by atoms with Gasteiger partial charge in [0.15, 0.2) is 0 Å². The number of para-hydroxylation sites is 1. The van der Waals surface area contributed by atoms with Crippen LogP contribution in [-0.4, -0.2) is 11.8 Å². The van der Waals surface area contributed by atoms with E-state index >= 15 is 0 Å². The molecule has 3 aromatic carbocycles. The topological polar surface area (TPSA) is 49.4 Å². The number of carbonyl (C=O) groups is 2. The van der Waals surface area contributed by atoms with E-state index in [1.807, 2.05) is 54.6 Å². The van der Waals surface area contributed by atoms with Gasteiger partial charge in [0.2, 0.25) is 5.91 Å². The number of hydrogen-bond donors (Lipinski definition) is 1. The molecule has 4 heteroatoms. The molecule has 0 saturated carbocycles. The lowest BCUT2D eigenvalue weighted by molar-refractivity contribution is -0.115. The van der Waals surface area contributed by atoms with Crippen molar-refractivity contribution in [3.63, 3.8) is 0 Å². The van der Waals surface area contributed by atoms with Crippen LogP contribution in [0.2, 0.25) is 0 Å². The Kier molecular flexibility index (Phi) is 4.47. The molecule has 4 rings (SSSR count). The van der Waals surface area contributed by atoms with Gasteiger partial charge in [0.1, 0.15) is 0 Å². The maximum Gasteiger partial charge on any atom is 0.255 e. The summed E-state index contributed by atoms with van der Waals surface area (Å²) >= 11 is 0. The number of aryl methyl sites for hydroxylation is 2. The molecule has 3 aromatic rings. The number of carbonyl (C=O) groups excluding carboxylic acids is 2. The Morgan fingerprint density at radius 1 is 0.815 bits per heavy atom. The molecule has 0 bridgehead atoms. The molecule has 0 fully saturated rings. The molecule has 134 valence electrons. The van der Waals surface area contributed by atoms with Crippen LogP contribution in [0.15, 0.2) is 72.8 Å². The van der Waals surface area contributed by atoms with Crippen molar-refractivity contribution in [1.82, 2.24) is 0 Å². The Morgan fingerprint density at radius 3 is 2.22 bits per heavy atom. The lowest BCUT2D eigenvalue weighted by Gasteiger charge is -2.24. The van der Waals surface area contributed by atoms with Gasteiger partial charge in [0.25, 0.3) is 5.91 Å². The van der Waals surface area contributed by atoms with Crippen LogP contribution < -0.4 is 10.2 Å². The van der Waals surface area contributed by atoms with E-state index in [-0.39, 0.29) is 11.8 Å². The standard InChI is InChI=1S/C23H20N2O2/c1-16(26)25-21-10-6-5-7-17(21)11-12-18-13-14-20(15-22(18)25)24-23(27)19-8-3-2-4-9-19/h2-10,13-15H,11-12H2,1H3,(H,24,27). The van der Waals surface area contributed by atoms with Crippen molar-refractivity contribution in [3.05, 3.63) is 89.5 Å². The quantitative estimate of drug-likeness (QED) is 0.722. The monoisotopic (exact) mass is 356 g/mol. The number of hydrogen-bond acceptors (Lipinski definition) is 2. The number of benzene rings is 3. The second-order valence-corrected chi connectivity index (χ2v) is 6.65. The Morgan fingerprint density at radius 2 is 1.48 bits per heavy atom. The van der Waals surface area contributed by atoms with Crippen LogP contribution in [0.4, 0.5) is 17.1 Å². The van der Waals surface area contributed by atoms with Crippen molar-refractivity contribution in [2.45, 2.75) is 19.8 Å².